The van der Waals surface area contributed by atoms with Crippen molar-refractivity contribution in [1.29, 1.82) is 0 Å². The first-order chi connectivity index (χ1) is 8.15. The van der Waals surface area contributed by atoms with Crippen molar-refractivity contribution in [2.24, 2.45) is 0 Å². The fourth-order valence-electron chi connectivity index (χ4n) is 1.77. The Bertz CT molecular complexity index is 450. The highest BCUT2D eigenvalue weighted by Crippen LogP contribution is 2.27. The molecule has 0 radical (unpaired) electrons. The summed E-state index contributed by atoms with van der Waals surface area (Å²) in [5.41, 5.74) is -0.418. The minimum atomic E-state index is -0.755. The second-order valence-corrected chi connectivity index (χ2v) is 4.68. The molecule has 0 spiro atoms. The summed E-state index contributed by atoms with van der Waals surface area (Å²) in [6.07, 6.45) is 3.36. The molecule has 0 aromatic carbocycles. The number of rotatable bonds is 3. The average molecular weight is 258 g/mol. The third kappa shape index (κ3) is 2.52. The molecule has 0 amide bonds. The van der Waals surface area contributed by atoms with Crippen LogP contribution in [-0.2, 0) is 4.74 Å². The van der Waals surface area contributed by atoms with Crippen LogP contribution in [0.5, 0.6) is 0 Å². The number of aromatic nitrogens is 2. The van der Waals surface area contributed by atoms with Crippen molar-refractivity contribution in [3.8, 4) is 0 Å². The number of nitrogens with zero attached hydrogens (tertiary/aromatic N) is 2. The molecule has 1 aromatic heterocycles. The van der Waals surface area contributed by atoms with Gasteiger partial charge in [0.05, 0.1) is 12.7 Å². The number of thioether (sulfide) groups is 1. The minimum absolute atomic E-state index is 0.262. The van der Waals surface area contributed by atoms with E-state index < -0.39 is 24.1 Å². The minimum Gasteiger partial charge on any atom is -0.394 e. The summed E-state index contributed by atoms with van der Waals surface area (Å²) in [6.45, 7) is -0.262. The topological polar surface area (TPSA) is 84.6 Å². The SMILES string of the molecule is CSc1cnc(=O)n([C@H]2C[C@H](O)[C@@H](CO)O2)c1. The van der Waals surface area contributed by atoms with Crippen molar-refractivity contribution < 1.29 is 14.9 Å². The van der Waals surface area contributed by atoms with Crippen LogP contribution in [0.1, 0.15) is 12.6 Å². The predicted molar refractivity (Wildman–Crippen MR) is 61.9 cm³/mol. The summed E-state index contributed by atoms with van der Waals surface area (Å²) in [6, 6.07) is 0. The standard InChI is InChI=1S/C10H14N2O4S/c1-17-6-3-11-10(15)12(4-6)9-2-7(14)8(5-13)16-9/h3-4,7-9,13-14H,2,5H2,1H3/t7-,8+,9+/m0/s1. The highest BCUT2D eigenvalue weighted by atomic mass is 32.2. The zero-order valence-corrected chi connectivity index (χ0v) is 10.1. The van der Waals surface area contributed by atoms with E-state index in [9.17, 15) is 9.90 Å². The second-order valence-electron chi connectivity index (χ2n) is 3.80. The Kier molecular flexibility index (Phi) is 3.82. The molecule has 17 heavy (non-hydrogen) atoms. The molecule has 2 rings (SSSR count). The van der Waals surface area contributed by atoms with Crippen molar-refractivity contribution in [2.75, 3.05) is 12.9 Å². The molecule has 1 aliphatic rings. The van der Waals surface area contributed by atoms with E-state index in [4.69, 9.17) is 9.84 Å². The van der Waals surface area contributed by atoms with E-state index in [1.807, 2.05) is 6.26 Å². The van der Waals surface area contributed by atoms with E-state index in [-0.39, 0.29) is 13.0 Å². The molecular weight excluding hydrogens is 244 g/mol. The molecule has 2 N–H and O–H groups in total. The van der Waals surface area contributed by atoms with Crippen molar-refractivity contribution in [3.05, 3.63) is 22.9 Å². The number of aliphatic hydroxyl groups is 2. The summed E-state index contributed by atoms with van der Waals surface area (Å²) >= 11 is 1.47. The van der Waals surface area contributed by atoms with Gasteiger partial charge in [0.25, 0.3) is 0 Å². The maximum absolute atomic E-state index is 11.6. The summed E-state index contributed by atoms with van der Waals surface area (Å²) < 4.78 is 6.75. The van der Waals surface area contributed by atoms with Crippen LogP contribution >= 0.6 is 11.8 Å². The van der Waals surface area contributed by atoms with Crippen LogP contribution in [-0.4, -0.2) is 44.8 Å². The molecular formula is C10H14N2O4S. The van der Waals surface area contributed by atoms with Gasteiger partial charge < -0.3 is 14.9 Å². The molecule has 7 heteroatoms. The lowest BCUT2D eigenvalue weighted by atomic mass is 10.2. The Hall–Kier alpha value is -0.890. The zero-order valence-electron chi connectivity index (χ0n) is 9.31. The first-order valence-electron chi connectivity index (χ1n) is 5.22. The largest absolute Gasteiger partial charge is 0.394 e. The molecule has 1 aromatic rings. The Morgan fingerprint density at radius 1 is 1.71 bits per heavy atom. The quantitative estimate of drug-likeness (QED) is 0.718. The fraction of sp³-hybridized carbons (Fsp3) is 0.600. The normalized spacial score (nSPS) is 28.5. The van der Waals surface area contributed by atoms with E-state index in [1.165, 1.54) is 22.5 Å². The first kappa shape index (κ1) is 12.6. The lowest BCUT2D eigenvalue weighted by Crippen LogP contribution is -2.27. The molecule has 1 saturated heterocycles. The summed E-state index contributed by atoms with van der Waals surface area (Å²) in [7, 11) is 0. The zero-order chi connectivity index (χ0) is 12.4. The first-order valence-corrected chi connectivity index (χ1v) is 6.44. The van der Waals surface area contributed by atoms with Crippen molar-refractivity contribution in [1.82, 2.24) is 9.55 Å². The van der Waals surface area contributed by atoms with Gasteiger partial charge in [-0.1, -0.05) is 0 Å². The predicted octanol–water partition coefficient (Wildman–Crippen LogP) is -0.394. The smallest absolute Gasteiger partial charge is 0.349 e. The van der Waals surface area contributed by atoms with Gasteiger partial charge in [0.2, 0.25) is 0 Å². The average Bonchev–Trinajstić information content (AvgIpc) is 2.71. The number of hydrogen-bond acceptors (Lipinski definition) is 6. The molecule has 0 aliphatic carbocycles. The molecule has 94 valence electrons. The Labute approximate surface area is 102 Å². The molecule has 1 fully saturated rings. The van der Waals surface area contributed by atoms with E-state index in [0.29, 0.717) is 0 Å². The summed E-state index contributed by atoms with van der Waals surface area (Å²) in [5, 5.41) is 18.6. The van der Waals surface area contributed by atoms with Crippen LogP contribution in [0.4, 0.5) is 0 Å². The van der Waals surface area contributed by atoms with Crippen molar-refractivity contribution >= 4 is 11.8 Å². The van der Waals surface area contributed by atoms with E-state index in [2.05, 4.69) is 4.98 Å². The van der Waals surface area contributed by atoms with E-state index in [1.54, 1.807) is 6.20 Å². The number of ether oxygens (including phenoxy) is 1. The van der Waals surface area contributed by atoms with E-state index in [0.717, 1.165) is 4.90 Å². The molecule has 0 unspecified atom stereocenters. The van der Waals surface area contributed by atoms with Gasteiger partial charge in [-0.25, -0.2) is 9.78 Å². The third-order valence-corrected chi connectivity index (χ3v) is 3.40. The molecule has 1 aliphatic heterocycles. The number of aliphatic hydroxyl groups excluding tert-OH is 2. The lowest BCUT2D eigenvalue weighted by molar-refractivity contribution is -0.0461. The number of hydrogen-bond donors (Lipinski definition) is 2. The third-order valence-electron chi connectivity index (χ3n) is 2.72. The van der Waals surface area contributed by atoms with Gasteiger partial charge in [-0.2, -0.15) is 0 Å². The highest BCUT2D eigenvalue weighted by Gasteiger charge is 2.34. The summed E-state index contributed by atoms with van der Waals surface area (Å²) in [5.74, 6) is 0. The van der Waals surface area contributed by atoms with Gasteiger partial charge >= 0.3 is 5.69 Å². The van der Waals surface area contributed by atoms with Gasteiger partial charge in [0.1, 0.15) is 12.3 Å². The fourth-order valence-corrected chi connectivity index (χ4v) is 2.15. The van der Waals surface area contributed by atoms with Gasteiger partial charge in [-0.05, 0) is 6.26 Å². The van der Waals surface area contributed by atoms with Crippen LogP contribution in [0, 0.1) is 0 Å². The lowest BCUT2D eigenvalue weighted by Gasteiger charge is -2.14. The Morgan fingerprint density at radius 2 is 2.47 bits per heavy atom. The molecule has 0 saturated carbocycles. The van der Waals surface area contributed by atoms with Gasteiger partial charge in [0.15, 0.2) is 0 Å². The molecule has 3 atom stereocenters. The Morgan fingerprint density at radius 3 is 3.06 bits per heavy atom. The summed E-state index contributed by atoms with van der Waals surface area (Å²) in [4.78, 5) is 16.2. The van der Waals surface area contributed by atoms with Crippen LogP contribution in [0.15, 0.2) is 22.1 Å². The maximum Gasteiger partial charge on any atom is 0.349 e. The van der Waals surface area contributed by atoms with Gasteiger partial charge in [-0.15, -0.1) is 11.8 Å². The van der Waals surface area contributed by atoms with Crippen LogP contribution in [0.3, 0.4) is 0 Å². The Balaban J connectivity index is 2.26. The highest BCUT2D eigenvalue weighted by molar-refractivity contribution is 7.98. The van der Waals surface area contributed by atoms with Crippen LogP contribution in [0.25, 0.3) is 0 Å². The van der Waals surface area contributed by atoms with Gasteiger partial charge in [-0.3, -0.25) is 4.57 Å². The second kappa shape index (κ2) is 5.18. The maximum atomic E-state index is 11.6. The van der Waals surface area contributed by atoms with E-state index >= 15 is 0 Å². The van der Waals surface area contributed by atoms with Gasteiger partial charge in [0, 0.05) is 23.7 Å². The molecule has 2 heterocycles. The van der Waals surface area contributed by atoms with Crippen molar-refractivity contribution in [2.45, 2.75) is 29.8 Å². The molecule has 0 bridgehead atoms. The van der Waals surface area contributed by atoms with Crippen LogP contribution in [0.2, 0.25) is 0 Å². The monoisotopic (exact) mass is 258 g/mol. The van der Waals surface area contributed by atoms with Crippen molar-refractivity contribution in [3.63, 3.8) is 0 Å². The molecule has 6 nitrogen and oxygen atoms in total. The van der Waals surface area contributed by atoms with Crippen LogP contribution < -0.4 is 5.69 Å².